The molecule has 4 nitrogen and oxygen atoms in total. The molecule has 1 aliphatic rings. The lowest BCUT2D eigenvalue weighted by Gasteiger charge is -2.08. The highest BCUT2D eigenvalue weighted by Gasteiger charge is 2.28. The number of hydrazone groups is 1. The molecular weight excluding hydrogens is 306 g/mol. The molecule has 1 fully saturated rings. The first kappa shape index (κ1) is 15.5. The van der Waals surface area contributed by atoms with E-state index in [2.05, 4.69) is 10.5 Å². The van der Waals surface area contributed by atoms with Gasteiger partial charge in [-0.3, -0.25) is 15.2 Å². The Morgan fingerprint density at radius 2 is 1.70 bits per heavy atom. The molecular formula is C18H17N3OS. The number of nitrogens with zero attached hydrogens (tertiary/aromatic N) is 2. The Morgan fingerprint density at radius 3 is 2.39 bits per heavy atom. The minimum atomic E-state index is -0.0348. The van der Waals surface area contributed by atoms with Crippen LogP contribution in [-0.2, 0) is 4.79 Å². The normalized spacial score (nSPS) is 19.3. The van der Waals surface area contributed by atoms with Crippen LogP contribution in [0.4, 0.5) is 5.69 Å². The Balaban J connectivity index is 1.80. The third-order valence-corrected chi connectivity index (χ3v) is 4.38. The van der Waals surface area contributed by atoms with Gasteiger partial charge >= 0.3 is 0 Å². The molecule has 116 valence electrons. The maximum atomic E-state index is 12.0. The van der Waals surface area contributed by atoms with E-state index in [0.717, 1.165) is 17.0 Å². The van der Waals surface area contributed by atoms with Gasteiger partial charge in [-0.15, -0.1) is 0 Å². The third-order valence-electron chi connectivity index (χ3n) is 3.51. The van der Waals surface area contributed by atoms with Crippen molar-refractivity contribution in [2.24, 2.45) is 10.1 Å². The number of hydrogen-bond acceptors (Lipinski definition) is 5. The first-order valence-corrected chi connectivity index (χ1v) is 8.40. The van der Waals surface area contributed by atoms with Crippen molar-refractivity contribution in [1.29, 1.82) is 0 Å². The number of anilines is 1. The van der Waals surface area contributed by atoms with E-state index in [1.54, 1.807) is 0 Å². The van der Waals surface area contributed by atoms with Gasteiger partial charge in [-0.2, -0.15) is 5.10 Å². The average molecular weight is 323 g/mol. The molecule has 1 aliphatic heterocycles. The van der Waals surface area contributed by atoms with Gasteiger partial charge in [-0.1, -0.05) is 60.3 Å². The average Bonchev–Trinajstić information content (AvgIpc) is 2.94. The number of nitrogens with one attached hydrogen (secondary N) is 1. The molecule has 1 saturated heterocycles. The van der Waals surface area contributed by atoms with Crippen LogP contribution in [0.15, 0.2) is 70.8 Å². The van der Waals surface area contributed by atoms with Crippen molar-refractivity contribution < 1.29 is 4.79 Å². The standard InChI is InChI=1S/C18H17N3OS/c1-13(14-8-4-2-5-9-14)19-16-12-23-18(22)17(16)21-20-15-10-6-3-7-11-15/h2-11,13,20H,12H2,1H3. The van der Waals surface area contributed by atoms with E-state index in [0.29, 0.717) is 11.5 Å². The zero-order chi connectivity index (χ0) is 16.1. The van der Waals surface area contributed by atoms with E-state index in [1.807, 2.05) is 67.6 Å². The molecule has 0 saturated carbocycles. The molecule has 23 heavy (non-hydrogen) atoms. The Labute approximate surface area is 139 Å². The van der Waals surface area contributed by atoms with Crippen LogP contribution in [0.5, 0.6) is 0 Å². The largest absolute Gasteiger partial charge is 0.280 e. The maximum absolute atomic E-state index is 12.0. The predicted molar refractivity (Wildman–Crippen MR) is 97.3 cm³/mol. The number of rotatable bonds is 4. The van der Waals surface area contributed by atoms with Gasteiger partial charge in [0.1, 0.15) is 0 Å². The fourth-order valence-electron chi connectivity index (χ4n) is 2.27. The summed E-state index contributed by atoms with van der Waals surface area (Å²) >= 11 is 1.25. The summed E-state index contributed by atoms with van der Waals surface area (Å²) in [6, 6.07) is 19.6. The van der Waals surface area contributed by atoms with Gasteiger partial charge in [0.15, 0.2) is 5.71 Å². The second-order valence-electron chi connectivity index (χ2n) is 5.18. The van der Waals surface area contributed by atoms with E-state index in [9.17, 15) is 4.79 Å². The van der Waals surface area contributed by atoms with E-state index < -0.39 is 0 Å². The quantitative estimate of drug-likeness (QED) is 0.867. The summed E-state index contributed by atoms with van der Waals surface area (Å²) in [5.74, 6) is 0.575. The van der Waals surface area contributed by atoms with Crippen molar-refractivity contribution in [1.82, 2.24) is 0 Å². The Hall–Kier alpha value is -2.40. The van der Waals surface area contributed by atoms with Gasteiger partial charge in [-0.05, 0) is 24.6 Å². The molecule has 1 heterocycles. The van der Waals surface area contributed by atoms with Crippen LogP contribution in [-0.4, -0.2) is 22.3 Å². The molecule has 1 N–H and O–H groups in total. The summed E-state index contributed by atoms with van der Waals surface area (Å²) in [7, 11) is 0. The lowest BCUT2D eigenvalue weighted by molar-refractivity contribution is -0.105. The molecule has 0 bridgehead atoms. The van der Waals surface area contributed by atoms with Crippen LogP contribution in [0.2, 0.25) is 0 Å². The molecule has 2 aromatic rings. The van der Waals surface area contributed by atoms with Gasteiger partial charge in [0.05, 0.1) is 17.4 Å². The molecule has 0 amide bonds. The fraction of sp³-hybridized carbons (Fsp3) is 0.167. The monoisotopic (exact) mass is 323 g/mol. The summed E-state index contributed by atoms with van der Waals surface area (Å²) in [6.45, 7) is 2.03. The van der Waals surface area contributed by atoms with Crippen LogP contribution in [0.3, 0.4) is 0 Å². The number of carbonyl (C=O) groups excluding carboxylic acids is 1. The molecule has 0 radical (unpaired) electrons. The molecule has 0 aliphatic carbocycles. The minimum absolute atomic E-state index is 0.000347. The molecule has 0 aromatic heterocycles. The second kappa shape index (κ2) is 7.24. The third kappa shape index (κ3) is 3.87. The van der Waals surface area contributed by atoms with Gasteiger partial charge in [0, 0.05) is 5.75 Å². The Morgan fingerprint density at radius 1 is 1.04 bits per heavy atom. The first-order chi connectivity index (χ1) is 11.2. The molecule has 5 heteroatoms. The minimum Gasteiger partial charge on any atom is -0.280 e. The topological polar surface area (TPSA) is 53.8 Å². The van der Waals surface area contributed by atoms with Crippen molar-refractivity contribution in [3.63, 3.8) is 0 Å². The molecule has 1 atom stereocenters. The SMILES string of the molecule is CC(N=C1CSC(=O)C1=NNc1ccccc1)c1ccccc1. The molecule has 1 unspecified atom stereocenters. The van der Waals surface area contributed by atoms with Crippen LogP contribution >= 0.6 is 11.8 Å². The predicted octanol–water partition coefficient (Wildman–Crippen LogP) is 3.93. The number of benzene rings is 2. The fourth-order valence-corrected chi connectivity index (χ4v) is 3.05. The second-order valence-corrected chi connectivity index (χ2v) is 6.12. The summed E-state index contributed by atoms with van der Waals surface area (Å²) in [5.41, 5.74) is 6.07. The molecule has 0 spiro atoms. The summed E-state index contributed by atoms with van der Waals surface area (Å²) in [5, 5.41) is 4.23. The van der Waals surface area contributed by atoms with Gasteiger partial charge in [0.2, 0.25) is 5.12 Å². The summed E-state index contributed by atoms with van der Waals surface area (Å²) in [4.78, 5) is 16.7. The summed E-state index contributed by atoms with van der Waals surface area (Å²) < 4.78 is 0. The Bertz CT molecular complexity index is 741. The van der Waals surface area contributed by atoms with Crippen LogP contribution in [0.25, 0.3) is 0 Å². The lowest BCUT2D eigenvalue weighted by atomic mass is 10.1. The zero-order valence-corrected chi connectivity index (χ0v) is 13.6. The molecule has 3 rings (SSSR count). The maximum Gasteiger partial charge on any atom is 0.241 e. The van der Waals surface area contributed by atoms with Crippen molar-refractivity contribution in [2.75, 3.05) is 11.2 Å². The Kier molecular flexibility index (Phi) is 4.88. The van der Waals surface area contributed by atoms with E-state index in [1.165, 1.54) is 11.8 Å². The zero-order valence-electron chi connectivity index (χ0n) is 12.8. The number of carbonyl (C=O) groups is 1. The highest BCUT2D eigenvalue weighted by molar-refractivity contribution is 8.17. The van der Waals surface area contributed by atoms with Crippen molar-refractivity contribution in [3.05, 3.63) is 66.2 Å². The van der Waals surface area contributed by atoms with Crippen molar-refractivity contribution in [2.45, 2.75) is 13.0 Å². The summed E-state index contributed by atoms with van der Waals surface area (Å²) in [6.07, 6.45) is 0. The van der Waals surface area contributed by atoms with Crippen LogP contribution < -0.4 is 5.43 Å². The lowest BCUT2D eigenvalue weighted by Crippen LogP contribution is -2.17. The number of aliphatic imine (C=N–C) groups is 1. The molecule has 2 aromatic carbocycles. The van der Waals surface area contributed by atoms with Gasteiger partial charge < -0.3 is 0 Å². The number of hydrogen-bond donors (Lipinski definition) is 1. The first-order valence-electron chi connectivity index (χ1n) is 7.42. The van der Waals surface area contributed by atoms with Crippen LogP contribution in [0.1, 0.15) is 18.5 Å². The van der Waals surface area contributed by atoms with E-state index in [-0.39, 0.29) is 11.2 Å². The smallest absolute Gasteiger partial charge is 0.241 e. The highest BCUT2D eigenvalue weighted by Crippen LogP contribution is 2.22. The number of para-hydroxylation sites is 1. The van der Waals surface area contributed by atoms with E-state index >= 15 is 0 Å². The van der Waals surface area contributed by atoms with Crippen molar-refractivity contribution >= 4 is 34.0 Å². The van der Waals surface area contributed by atoms with Crippen molar-refractivity contribution in [3.8, 4) is 0 Å². The number of thioether (sulfide) groups is 1. The van der Waals surface area contributed by atoms with Gasteiger partial charge in [-0.25, -0.2) is 0 Å². The highest BCUT2D eigenvalue weighted by atomic mass is 32.2. The van der Waals surface area contributed by atoms with Crippen LogP contribution in [0, 0.1) is 0 Å². The van der Waals surface area contributed by atoms with Gasteiger partial charge in [0.25, 0.3) is 0 Å². The van der Waals surface area contributed by atoms with E-state index in [4.69, 9.17) is 4.99 Å².